The van der Waals surface area contributed by atoms with E-state index in [1.54, 1.807) is 19.2 Å². The lowest BCUT2D eigenvalue weighted by Gasteiger charge is -2.23. The highest BCUT2D eigenvalue weighted by Gasteiger charge is 2.33. The van der Waals surface area contributed by atoms with Crippen molar-refractivity contribution in [3.8, 4) is 5.75 Å². The summed E-state index contributed by atoms with van der Waals surface area (Å²) in [7, 11) is 1.66. The standard InChI is InChI=1S/C22H23FN2O2/c1-27-19-8-9-21-20(12-19)17(13-24-21)10-11-25(22(26)16-4-5-16)14-15-2-6-18(23)7-3-15/h2-3,6-9,12-13,16,24H,4-5,10-11,14H2,1H3. The number of rotatable bonds is 7. The maximum absolute atomic E-state index is 13.2. The minimum absolute atomic E-state index is 0.161. The highest BCUT2D eigenvalue weighted by Crippen LogP contribution is 2.32. The maximum Gasteiger partial charge on any atom is 0.225 e. The molecule has 0 spiro atoms. The molecule has 1 N–H and O–H groups in total. The Labute approximate surface area is 157 Å². The van der Waals surface area contributed by atoms with Crippen LogP contribution in [0.3, 0.4) is 0 Å². The predicted octanol–water partition coefficient (Wildman–Crippen LogP) is 4.30. The Morgan fingerprint density at radius 2 is 2.00 bits per heavy atom. The van der Waals surface area contributed by atoms with Gasteiger partial charge in [-0.05, 0) is 60.7 Å². The summed E-state index contributed by atoms with van der Waals surface area (Å²) in [6.45, 7) is 1.15. The lowest BCUT2D eigenvalue weighted by atomic mass is 10.1. The average molecular weight is 366 g/mol. The Morgan fingerprint density at radius 1 is 1.22 bits per heavy atom. The van der Waals surface area contributed by atoms with Crippen LogP contribution in [-0.4, -0.2) is 29.4 Å². The molecule has 0 bridgehead atoms. The molecule has 1 fully saturated rings. The van der Waals surface area contributed by atoms with E-state index in [1.165, 1.54) is 12.1 Å². The molecule has 0 unspecified atom stereocenters. The molecule has 0 radical (unpaired) electrons. The summed E-state index contributed by atoms with van der Waals surface area (Å²) >= 11 is 0. The molecular formula is C22H23FN2O2. The third-order valence-electron chi connectivity index (χ3n) is 5.15. The highest BCUT2D eigenvalue weighted by atomic mass is 19.1. The number of methoxy groups -OCH3 is 1. The van der Waals surface area contributed by atoms with E-state index in [9.17, 15) is 9.18 Å². The zero-order valence-electron chi connectivity index (χ0n) is 15.4. The third-order valence-corrected chi connectivity index (χ3v) is 5.15. The van der Waals surface area contributed by atoms with Gasteiger partial charge in [0.05, 0.1) is 7.11 Å². The molecule has 4 nitrogen and oxygen atoms in total. The predicted molar refractivity (Wildman–Crippen MR) is 103 cm³/mol. The van der Waals surface area contributed by atoms with Crippen molar-refractivity contribution in [3.63, 3.8) is 0 Å². The van der Waals surface area contributed by atoms with Crippen molar-refractivity contribution in [2.75, 3.05) is 13.7 Å². The van der Waals surface area contributed by atoms with Gasteiger partial charge in [0, 0.05) is 36.1 Å². The van der Waals surface area contributed by atoms with Crippen LogP contribution in [-0.2, 0) is 17.8 Å². The van der Waals surface area contributed by atoms with E-state index in [0.717, 1.165) is 47.0 Å². The third kappa shape index (κ3) is 3.97. The zero-order valence-corrected chi connectivity index (χ0v) is 15.4. The van der Waals surface area contributed by atoms with Gasteiger partial charge >= 0.3 is 0 Å². The molecular weight excluding hydrogens is 343 g/mol. The van der Waals surface area contributed by atoms with Gasteiger partial charge in [-0.15, -0.1) is 0 Å². The largest absolute Gasteiger partial charge is 0.497 e. The first kappa shape index (κ1) is 17.6. The Bertz CT molecular complexity index is 945. The van der Waals surface area contributed by atoms with Crippen LogP contribution in [0.25, 0.3) is 10.9 Å². The van der Waals surface area contributed by atoms with Gasteiger partial charge in [-0.3, -0.25) is 4.79 Å². The summed E-state index contributed by atoms with van der Waals surface area (Å²) in [5.74, 6) is 0.928. The quantitative estimate of drug-likeness (QED) is 0.678. The summed E-state index contributed by atoms with van der Waals surface area (Å²) in [6, 6.07) is 12.3. The molecule has 2 aromatic carbocycles. The molecule has 1 saturated carbocycles. The van der Waals surface area contributed by atoms with Gasteiger partial charge in [-0.25, -0.2) is 4.39 Å². The summed E-state index contributed by atoms with van der Waals surface area (Å²) in [5, 5.41) is 1.12. The van der Waals surface area contributed by atoms with E-state index in [4.69, 9.17) is 4.74 Å². The minimum Gasteiger partial charge on any atom is -0.497 e. The molecule has 0 saturated heterocycles. The Kier molecular flexibility index (Phi) is 4.84. The number of benzene rings is 2. The van der Waals surface area contributed by atoms with Gasteiger partial charge in [0.1, 0.15) is 11.6 Å². The first-order valence-corrected chi connectivity index (χ1v) is 9.31. The molecule has 0 aliphatic heterocycles. The van der Waals surface area contributed by atoms with Crippen LogP contribution in [0, 0.1) is 11.7 Å². The Hall–Kier alpha value is -2.82. The lowest BCUT2D eigenvalue weighted by molar-refractivity contribution is -0.133. The van der Waals surface area contributed by atoms with Crippen LogP contribution in [0.1, 0.15) is 24.0 Å². The highest BCUT2D eigenvalue weighted by molar-refractivity contribution is 5.85. The van der Waals surface area contributed by atoms with Gasteiger partial charge in [0.25, 0.3) is 0 Å². The molecule has 27 heavy (non-hydrogen) atoms. The Morgan fingerprint density at radius 3 is 2.70 bits per heavy atom. The summed E-state index contributed by atoms with van der Waals surface area (Å²) < 4.78 is 18.5. The van der Waals surface area contributed by atoms with Crippen molar-refractivity contribution in [1.29, 1.82) is 0 Å². The molecule has 5 heteroatoms. The molecule has 1 heterocycles. The van der Waals surface area contributed by atoms with Crippen molar-refractivity contribution in [1.82, 2.24) is 9.88 Å². The van der Waals surface area contributed by atoms with E-state index >= 15 is 0 Å². The van der Waals surface area contributed by atoms with E-state index in [1.807, 2.05) is 29.3 Å². The number of aromatic nitrogens is 1. The number of halogens is 1. The minimum atomic E-state index is -0.258. The van der Waals surface area contributed by atoms with Crippen molar-refractivity contribution in [2.24, 2.45) is 5.92 Å². The average Bonchev–Trinajstić information content (AvgIpc) is 3.47. The van der Waals surface area contributed by atoms with Crippen molar-refractivity contribution in [3.05, 3.63) is 65.6 Å². The zero-order chi connectivity index (χ0) is 18.8. The van der Waals surface area contributed by atoms with Crippen molar-refractivity contribution in [2.45, 2.75) is 25.8 Å². The fraction of sp³-hybridized carbons (Fsp3) is 0.318. The number of nitrogens with one attached hydrogen (secondary N) is 1. The molecule has 1 amide bonds. The number of aromatic amines is 1. The number of carbonyl (C=O) groups is 1. The maximum atomic E-state index is 13.2. The molecule has 4 rings (SSSR count). The number of fused-ring (bicyclic) bond motifs is 1. The second-order valence-corrected chi connectivity index (χ2v) is 7.14. The number of amides is 1. The van der Waals surface area contributed by atoms with Gasteiger partial charge in [0.15, 0.2) is 0 Å². The van der Waals surface area contributed by atoms with Gasteiger partial charge in [-0.2, -0.15) is 0 Å². The number of nitrogens with zero attached hydrogens (tertiary/aromatic N) is 1. The van der Waals surface area contributed by atoms with Crippen LogP contribution in [0.4, 0.5) is 4.39 Å². The van der Waals surface area contributed by atoms with Crippen LogP contribution in [0.15, 0.2) is 48.7 Å². The molecule has 1 aliphatic carbocycles. The van der Waals surface area contributed by atoms with Crippen LogP contribution < -0.4 is 4.74 Å². The lowest BCUT2D eigenvalue weighted by Crippen LogP contribution is -2.33. The second kappa shape index (κ2) is 7.43. The van der Waals surface area contributed by atoms with Gasteiger partial charge in [0.2, 0.25) is 5.91 Å². The topological polar surface area (TPSA) is 45.3 Å². The first-order valence-electron chi connectivity index (χ1n) is 9.31. The molecule has 1 aliphatic rings. The van der Waals surface area contributed by atoms with Crippen molar-refractivity contribution < 1.29 is 13.9 Å². The van der Waals surface area contributed by atoms with Crippen LogP contribution in [0.5, 0.6) is 5.75 Å². The number of hydrogen-bond donors (Lipinski definition) is 1. The molecule has 140 valence electrons. The number of hydrogen-bond acceptors (Lipinski definition) is 2. The summed E-state index contributed by atoms with van der Waals surface area (Å²) in [6.07, 6.45) is 4.71. The van der Waals surface area contributed by atoms with E-state index < -0.39 is 0 Å². The van der Waals surface area contributed by atoms with Gasteiger partial charge in [-0.1, -0.05) is 12.1 Å². The van der Waals surface area contributed by atoms with E-state index in [2.05, 4.69) is 4.98 Å². The van der Waals surface area contributed by atoms with Crippen LogP contribution in [0.2, 0.25) is 0 Å². The van der Waals surface area contributed by atoms with Crippen LogP contribution >= 0.6 is 0 Å². The second-order valence-electron chi connectivity index (χ2n) is 7.14. The fourth-order valence-corrected chi connectivity index (χ4v) is 3.41. The van der Waals surface area contributed by atoms with Gasteiger partial charge < -0.3 is 14.6 Å². The number of H-pyrrole nitrogens is 1. The molecule has 3 aromatic rings. The number of carbonyl (C=O) groups excluding carboxylic acids is 1. The van der Waals surface area contributed by atoms with E-state index in [0.29, 0.717) is 13.1 Å². The summed E-state index contributed by atoms with van der Waals surface area (Å²) in [5.41, 5.74) is 3.17. The van der Waals surface area contributed by atoms with E-state index in [-0.39, 0.29) is 17.6 Å². The fourth-order valence-electron chi connectivity index (χ4n) is 3.41. The molecule has 0 atom stereocenters. The first-order chi connectivity index (χ1) is 13.1. The Balaban J connectivity index is 1.51. The normalized spacial score (nSPS) is 13.7. The molecule has 1 aromatic heterocycles. The van der Waals surface area contributed by atoms with Crippen molar-refractivity contribution >= 4 is 16.8 Å². The number of ether oxygens (including phenoxy) is 1. The SMILES string of the molecule is COc1ccc2[nH]cc(CCN(Cc3ccc(F)cc3)C(=O)C3CC3)c2c1. The smallest absolute Gasteiger partial charge is 0.225 e. The monoisotopic (exact) mass is 366 g/mol. The summed E-state index contributed by atoms with van der Waals surface area (Å²) in [4.78, 5) is 17.9.